The zero-order chi connectivity index (χ0) is 12.7. The van der Waals surface area contributed by atoms with E-state index in [2.05, 4.69) is 29.6 Å². The van der Waals surface area contributed by atoms with E-state index < -0.39 is 0 Å². The van der Waals surface area contributed by atoms with Gasteiger partial charge in [0.1, 0.15) is 0 Å². The summed E-state index contributed by atoms with van der Waals surface area (Å²) in [4.78, 5) is 4.28. The first-order valence-electron chi connectivity index (χ1n) is 5.98. The molecule has 0 aliphatic carbocycles. The Kier molecular flexibility index (Phi) is 5.67. The van der Waals surface area contributed by atoms with Crippen molar-refractivity contribution >= 4 is 5.96 Å². The van der Waals surface area contributed by atoms with Crippen LogP contribution in [0.3, 0.4) is 0 Å². The van der Waals surface area contributed by atoms with Gasteiger partial charge in [-0.15, -0.1) is 0 Å². The van der Waals surface area contributed by atoms with Crippen LogP contribution in [0.5, 0.6) is 0 Å². The van der Waals surface area contributed by atoms with Crippen LogP contribution < -0.4 is 16.6 Å². The summed E-state index contributed by atoms with van der Waals surface area (Å²) >= 11 is 0. The van der Waals surface area contributed by atoms with Gasteiger partial charge in [0.25, 0.3) is 0 Å². The standard InChI is InChI=1S/C11H24N4O2/c1-11(2)8-9(4-6-17-11)14-10(15-12)13-5-7-16-3/h9H,4-8,12H2,1-3H3,(H2,13,14,15). The molecule has 0 aromatic rings. The molecule has 0 saturated carbocycles. The van der Waals surface area contributed by atoms with Gasteiger partial charge < -0.3 is 14.8 Å². The van der Waals surface area contributed by atoms with Gasteiger partial charge in [-0.05, 0) is 26.7 Å². The predicted octanol–water partition coefficient (Wildman–Crippen LogP) is -0.000700. The van der Waals surface area contributed by atoms with Crippen LogP contribution in [0, 0.1) is 0 Å². The van der Waals surface area contributed by atoms with Crippen molar-refractivity contribution in [2.24, 2.45) is 10.8 Å². The van der Waals surface area contributed by atoms with Crippen LogP contribution in [-0.4, -0.2) is 44.5 Å². The number of nitrogens with zero attached hydrogens (tertiary/aromatic N) is 1. The molecule has 0 spiro atoms. The van der Waals surface area contributed by atoms with Crippen molar-refractivity contribution in [1.29, 1.82) is 0 Å². The van der Waals surface area contributed by atoms with Crippen molar-refractivity contribution in [2.75, 3.05) is 26.9 Å². The fourth-order valence-electron chi connectivity index (χ4n) is 1.93. The van der Waals surface area contributed by atoms with Crippen molar-refractivity contribution in [3.63, 3.8) is 0 Å². The van der Waals surface area contributed by atoms with E-state index in [9.17, 15) is 0 Å². The summed E-state index contributed by atoms with van der Waals surface area (Å²) in [6.45, 7) is 6.14. The zero-order valence-corrected chi connectivity index (χ0v) is 11.0. The van der Waals surface area contributed by atoms with Crippen molar-refractivity contribution in [2.45, 2.75) is 38.3 Å². The summed E-state index contributed by atoms with van der Waals surface area (Å²) in [7, 11) is 1.65. The van der Waals surface area contributed by atoms with Gasteiger partial charge in [-0.25, -0.2) is 10.8 Å². The van der Waals surface area contributed by atoms with Crippen molar-refractivity contribution in [3.8, 4) is 0 Å². The molecule has 1 unspecified atom stereocenters. The number of methoxy groups -OCH3 is 1. The lowest BCUT2D eigenvalue weighted by Gasteiger charge is -2.36. The van der Waals surface area contributed by atoms with Crippen molar-refractivity contribution in [1.82, 2.24) is 10.7 Å². The van der Waals surface area contributed by atoms with Gasteiger partial charge >= 0.3 is 0 Å². The van der Waals surface area contributed by atoms with E-state index in [0.717, 1.165) is 19.4 Å². The topological polar surface area (TPSA) is 80.9 Å². The molecule has 100 valence electrons. The number of hydrogen-bond donors (Lipinski definition) is 3. The van der Waals surface area contributed by atoms with Crippen LogP contribution in [0.2, 0.25) is 0 Å². The molecule has 1 atom stereocenters. The summed E-state index contributed by atoms with van der Waals surface area (Å²) in [6, 6.07) is 0.344. The molecule has 0 amide bonds. The average Bonchev–Trinajstić information content (AvgIpc) is 2.26. The van der Waals surface area contributed by atoms with Gasteiger partial charge in [0.15, 0.2) is 0 Å². The van der Waals surface area contributed by atoms with Crippen LogP contribution in [-0.2, 0) is 9.47 Å². The molecule has 1 aliphatic heterocycles. The average molecular weight is 244 g/mol. The summed E-state index contributed by atoms with van der Waals surface area (Å²) < 4.78 is 10.6. The van der Waals surface area contributed by atoms with Gasteiger partial charge in [-0.2, -0.15) is 0 Å². The Bertz CT molecular complexity index is 256. The second-order valence-electron chi connectivity index (χ2n) is 4.81. The third-order valence-electron chi connectivity index (χ3n) is 2.74. The minimum atomic E-state index is -0.0812. The Morgan fingerprint density at radius 2 is 2.35 bits per heavy atom. The van der Waals surface area contributed by atoms with Gasteiger partial charge in [0.2, 0.25) is 5.96 Å². The fraction of sp³-hybridized carbons (Fsp3) is 0.909. The maximum absolute atomic E-state index is 5.66. The van der Waals surface area contributed by atoms with Crippen LogP contribution in [0.4, 0.5) is 0 Å². The highest BCUT2D eigenvalue weighted by molar-refractivity contribution is 5.79. The summed E-state index contributed by atoms with van der Waals surface area (Å²) in [5.74, 6) is 6.04. The molecule has 6 nitrogen and oxygen atoms in total. The molecule has 0 aromatic heterocycles. The van der Waals surface area contributed by atoms with Gasteiger partial charge in [-0.3, -0.25) is 5.43 Å². The molecule has 17 heavy (non-hydrogen) atoms. The lowest BCUT2D eigenvalue weighted by atomic mass is 9.94. The highest BCUT2D eigenvalue weighted by Gasteiger charge is 2.29. The number of nitrogens with one attached hydrogen (secondary N) is 2. The van der Waals surface area contributed by atoms with Crippen LogP contribution in [0.25, 0.3) is 0 Å². The predicted molar refractivity (Wildman–Crippen MR) is 67.7 cm³/mol. The smallest absolute Gasteiger partial charge is 0.206 e. The number of aliphatic imine (C=N–C) groups is 1. The van der Waals surface area contributed by atoms with Crippen LogP contribution in [0.1, 0.15) is 26.7 Å². The number of guanidine groups is 1. The molecule has 1 aliphatic rings. The molecule has 1 fully saturated rings. The maximum atomic E-state index is 5.66. The Hall–Kier alpha value is -0.850. The van der Waals surface area contributed by atoms with Gasteiger partial charge in [-0.1, -0.05) is 0 Å². The highest BCUT2D eigenvalue weighted by atomic mass is 16.5. The van der Waals surface area contributed by atoms with Crippen molar-refractivity contribution in [3.05, 3.63) is 0 Å². The second-order valence-corrected chi connectivity index (χ2v) is 4.81. The number of hydrogen-bond acceptors (Lipinski definition) is 4. The lowest BCUT2D eigenvalue weighted by Crippen LogP contribution is -2.51. The molecule has 1 saturated heterocycles. The molecule has 1 heterocycles. The zero-order valence-electron chi connectivity index (χ0n) is 11.0. The highest BCUT2D eigenvalue weighted by Crippen LogP contribution is 2.23. The Morgan fingerprint density at radius 3 is 2.94 bits per heavy atom. The van der Waals surface area contributed by atoms with E-state index in [1.54, 1.807) is 7.11 Å². The molecule has 0 radical (unpaired) electrons. The third-order valence-corrected chi connectivity index (χ3v) is 2.74. The molecule has 4 N–H and O–H groups in total. The maximum Gasteiger partial charge on any atom is 0.206 e. The van der Waals surface area contributed by atoms with Gasteiger partial charge in [0.05, 0.1) is 18.8 Å². The van der Waals surface area contributed by atoms with E-state index >= 15 is 0 Å². The van der Waals surface area contributed by atoms with E-state index in [1.165, 1.54) is 0 Å². The van der Waals surface area contributed by atoms with Gasteiger partial charge in [0, 0.05) is 19.8 Å². The molecule has 1 rings (SSSR count). The second kappa shape index (κ2) is 6.78. The number of nitrogens with two attached hydrogens (primary N) is 1. The first kappa shape index (κ1) is 14.2. The molecular weight excluding hydrogens is 220 g/mol. The van der Waals surface area contributed by atoms with E-state index in [4.69, 9.17) is 15.3 Å². The normalized spacial score (nSPS) is 24.5. The third kappa shape index (κ3) is 5.34. The molecular formula is C11H24N4O2. The van der Waals surface area contributed by atoms with Crippen LogP contribution in [0.15, 0.2) is 4.99 Å². The van der Waals surface area contributed by atoms with E-state index in [0.29, 0.717) is 25.2 Å². The Morgan fingerprint density at radius 1 is 1.59 bits per heavy atom. The first-order chi connectivity index (χ1) is 8.07. The SMILES string of the molecule is COCCN=C(NN)NC1CCOC(C)(C)C1. The monoisotopic (exact) mass is 244 g/mol. The molecule has 0 aromatic carbocycles. The number of hydrazine groups is 1. The van der Waals surface area contributed by atoms with E-state index in [1.807, 2.05) is 0 Å². The van der Waals surface area contributed by atoms with Crippen LogP contribution >= 0.6 is 0 Å². The summed E-state index contributed by atoms with van der Waals surface area (Å²) in [6.07, 6.45) is 1.91. The molecule has 6 heteroatoms. The quantitative estimate of drug-likeness (QED) is 0.213. The largest absolute Gasteiger partial charge is 0.383 e. The fourth-order valence-corrected chi connectivity index (χ4v) is 1.93. The molecule has 0 bridgehead atoms. The summed E-state index contributed by atoms with van der Waals surface area (Å²) in [5, 5.41) is 3.30. The lowest BCUT2D eigenvalue weighted by molar-refractivity contribution is -0.0605. The van der Waals surface area contributed by atoms with E-state index in [-0.39, 0.29) is 5.60 Å². The minimum Gasteiger partial charge on any atom is -0.383 e. The number of ether oxygens (including phenoxy) is 2. The number of rotatable bonds is 4. The Labute approximate surface area is 103 Å². The minimum absolute atomic E-state index is 0.0812. The Balaban J connectivity index is 2.42. The summed E-state index contributed by atoms with van der Waals surface area (Å²) in [5.41, 5.74) is 2.50. The van der Waals surface area contributed by atoms with Crippen molar-refractivity contribution < 1.29 is 9.47 Å². The first-order valence-corrected chi connectivity index (χ1v) is 5.98.